The summed E-state index contributed by atoms with van der Waals surface area (Å²) in [6.45, 7) is 4.81. The lowest BCUT2D eigenvalue weighted by Crippen LogP contribution is -1.89. The summed E-state index contributed by atoms with van der Waals surface area (Å²) in [5, 5.41) is 0. The predicted molar refractivity (Wildman–Crippen MR) is 92.7 cm³/mol. The predicted octanol–water partition coefficient (Wildman–Crippen LogP) is 3.33. The maximum Gasteiger partial charge on any atom is 0.329 e. The normalized spacial score (nSPS) is 13.0. The fourth-order valence-electron chi connectivity index (χ4n) is 0.333. The van der Waals surface area contributed by atoms with Gasteiger partial charge in [-0.3, -0.25) is 9.13 Å². The molecule has 0 rings (SSSR count). The maximum atomic E-state index is 10.9. The molecule has 0 spiro atoms. The molecule has 0 heterocycles. The summed E-state index contributed by atoms with van der Waals surface area (Å²) in [5.41, 5.74) is 0. The lowest BCUT2D eigenvalue weighted by atomic mass is 11.0. The molecule has 0 amide bonds. The standard InChI is InChI=1S/C4H11O3P.C3H9O2P.C2H6O2S.2CH4/c1-4-8(5,6-2)7-3;1-3-6(2,4)5;1-5(2,3)4;;/h4H2,1-3H3;3H2,1-2H3,(H,4,5);1-2H3;2*1H4. The highest BCUT2D eigenvalue weighted by atomic mass is 32.2. The van der Waals surface area contributed by atoms with Crippen LogP contribution in [-0.4, -0.2) is 59.0 Å². The smallest absolute Gasteiger partial charge is 0.329 e. The Morgan fingerprint density at radius 2 is 1.14 bits per heavy atom. The number of sulfone groups is 1. The van der Waals surface area contributed by atoms with Gasteiger partial charge in [-0.2, -0.15) is 0 Å². The molecule has 10 heteroatoms. The molecule has 0 bridgehead atoms. The highest BCUT2D eigenvalue weighted by Crippen LogP contribution is 2.45. The molecule has 0 aliphatic rings. The van der Waals surface area contributed by atoms with E-state index in [4.69, 9.17) is 4.89 Å². The van der Waals surface area contributed by atoms with Crippen LogP contribution in [0.3, 0.4) is 0 Å². The molecule has 0 aromatic rings. The SMILES string of the molecule is C.C.CCP(=O)(OC)OC.CCP(C)(=O)O.CS(C)(=O)=O. The van der Waals surface area contributed by atoms with Crippen LogP contribution in [0.1, 0.15) is 28.7 Å². The number of rotatable bonds is 4. The molecule has 21 heavy (non-hydrogen) atoms. The first-order chi connectivity index (χ1) is 8.24. The lowest BCUT2D eigenvalue weighted by Gasteiger charge is -2.08. The first-order valence-electron chi connectivity index (χ1n) is 5.39. The number of hydrogen-bond donors (Lipinski definition) is 1. The van der Waals surface area contributed by atoms with Crippen molar-refractivity contribution in [1.29, 1.82) is 0 Å². The Kier molecular flexibility index (Phi) is 23.9. The van der Waals surface area contributed by atoms with Gasteiger partial charge in [-0.05, 0) is 0 Å². The van der Waals surface area contributed by atoms with Crippen molar-refractivity contribution >= 4 is 24.8 Å². The Morgan fingerprint density at radius 3 is 1.14 bits per heavy atom. The van der Waals surface area contributed by atoms with Crippen LogP contribution in [0.2, 0.25) is 0 Å². The molecule has 0 aliphatic carbocycles. The van der Waals surface area contributed by atoms with Gasteiger partial charge in [0.15, 0.2) is 7.37 Å². The van der Waals surface area contributed by atoms with Gasteiger partial charge in [-0.15, -0.1) is 0 Å². The molecular formula is C11H34O7P2S. The summed E-state index contributed by atoms with van der Waals surface area (Å²) in [6.07, 6.45) is 3.13. The lowest BCUT2D eigenvalue weighted by molar-refractivity contribution is 0.277. The summed E-state index contributed by atoms with van der Waals surface area (Å²) < 4.78 is 49.4. The minimum atomic E-state index is -2.67. The Balaban J connectivity index is -0.0000000598. The summed E-state index contributed by atoms with van der Waals surface area (Å²) >= 11 is 0. The quantitative estimate of drug-likeness (QED) is 0.754. The highest BCUT2D eigenvalue weighted by Gasteiger charge is 2.15. The van der Waals surface area contributed by atoms with Crippen LogP contribution >= 0.6 is 15.0 Å². The van der Waals surface area contributed by atoms with Crippen molar-refractivity contribution in [2.24, 2.45) is 0 Å². The first-order valence-corrected chi connectivity index (χ1v) is 11.7. The second-order valence-electron chi connectivity index (χ2n) is 3.80. The maximum absolute atomic E-state index is 10.9. The molecule has 0 saturated heterocycles. The van der Waals surface area contributed by atoms with E-state index in [1.807, 2.05) is 0 Å². The third kappa shape index (κ3) is 44.9. The Hall–Kier alpha value is 0.290. The van der Waals surface area contributed by atoms with Crippen molar-refractivity contribution in [2.45, 2.75) is 28.7 Å². The average Bonchev–Trinajstić information content (AvgIpc) is 2.26. The van der Waals surface area contributed by atoms with Crippen LogP contribution in [-0.2, 0) is 28.0 Å². The molecule has 0 radical (unpaired) electrons. The van der Waals surface area contributed by atoms with Crippen LogP contribution in [0.5, 0.6) is 0 Å². The van der Waals surface area contributed by atoms with Crippen molar-refractivity contribution in [1.82, 2.24) is 0 Å². The van der Waals surface area contributed by atoms with E-state index in [0.29, 0.717) is 12.3 Å². The van der Waals surface area contributed by atoms with Crippen LogP contribution < -0.4 is 0 Å². The molecule has 0 saturated carbocycles. The Labute approximate surface area is 131 Å². The van der Waals surface area contributed by atoms with Crippen molar-refractivity contribution in [3.63, 3.8) is 0 Å². The number of hydrogen-bond acceptors (Lipinski definition) is 6. The van der Waals surface area contributed by atoms with E-state index in [1.165, 1.54) is 20.9 Å². The summed E-state index contributed by atoms with van der Waals surface area (Å²) in [6, 6.07) is 0. The minimum absolute atomic E-state index is 0. The molecule has 136 valence electrons. The fourth-order valence-corrected chi connectivity index (χ4v) is 0.998. The van der Waals surface area contributed by atoms with Crippen LogP contribution in [0.15, 0.2) is 0 Å². The second-order valence-corrected chi connectivity index (χ2v) is 11.4. The largest absolute Gasteiger partial charge is 0.344 e. The molecule has 7 nitrogen and oxygen atoms in total. The fraction of sp³-hybridized carbons (Fsp3) is 1.00. The van der Waals surface area contributed by atoms with Gasteiger partial charge in [-0.25, -0.2) is 8.42 Å². The summed E-state index contributed by atoms with van der Waals surface area (Å²) in [5.74, 6) is 0. The van der Waals surface area contributed by atoms with Gasteiger partial charge in [0.25, 0.3) is 0 Å². The van der Waals surface area contributed by atoms with Crippen LogP contribution in [0, 0.1) is 0 Å². The van der Waals surface area contributed by atoms with E-state index in [-0.39, 0.29) is 14.9 Å². The van der Waals surface area contributed by atoms with E-state index >= 15 is 0 Å². The van der Waals surface area contributed by atoms with Gasteiger partial charge >= 0.3 is 7.60 Å². The topological polar surface area (TPSA) is 107 Å². The molecular weight excluding hydrogens is 338 g/mol. The molecule has 0 aliphatic heterocycles. The van der Waals surface area contributed by atoms with Gasteiger partial charge in [-0.1, -0.05) is 28.7 Å². The van der Waals surface area contributed by atoms with E-state index in [9.17, 15) is 17.5 Å². The molecule has 0 aromatic heterocycles. The van der Waals surface area contributed by atoms with Gasteiger partial charge < -0.3 is 13.9 Å². The van der Waals surface area contributed by atoms with Crippen molar-refractivity contribution in [3.8, 4) is 0 Å². The van der Waals surface area contributed by atoms with Gasteiger partial charge in [0.1, 0.15) is 9.84 Å². The van der Waals surface area contributed by atoms with Crippen molar-refractivity contribution < 1.29 is 31.5 Å². The van der Waals surface area contributed by atoms with E-state index in [2.05, 4.69) is 9.05 Å². The summed E-state index contributed by atoms with van der Waals surface area (Å²) in [7, 11) is -5.21. The van der Waals surface area contributed by atoms with E-state index < -0.39 is 24.8 Å². The third-order valence-electron chi connectivity index (χ3n) is 1.53. The van der Waals surface area contributed by atoms with Crippen LogP contribution in [0.25, 0.3) is 0 Å². The van der Waals surface area contributed by atoms with Gasteiger partial charge in [0.05, 0.1) is 0 Å². The molecule has 0 fully saturated rings. The van der Waals surface area contributed by atoms with Gasteiger partial charge in [0.2, 0.25) is 0 Å². The zero-order valence-electron chi connectivity index (χ0n) is 12.6. The molecule has 0 aromatic carbocycles. The van der Waals surface area contributed by atoms with Gasteiger partial charge in [0, 0.05) is 45.7 Å². The van der Waals surface area contributed by atoms with E-state index in [0.717, 1.165) is 12.5 Å². The van der Waals surface area contributed by atoms with Crippen LogP contribution in [0.4, 0.5) is 0 Å². The van der Waals surface area contributed by atoms with Crippen molar-refractivity contribution in [3.05, 3.63) is 0 Å². The molecule has 1 unspecified atom stereocenters. The zero-order chi connectivity index (χ0) is 16.3. The summed E-state index contributed by atoms with van der Waals surface area (Å²) in [4.78, 5) is 8.38. The third-order valence-corrected chi connectivity index (χ3v) is 4.59. The van der Waals surface area contributed by atoms with E-state index in [1.54, 1.807) is 13.8 Å². The average molecular weight is 372 g/mol. The minimum Gasteiger partial charge on any atom is -0.344 e. The molecule has 1 atom stereocenters. The Morgan fingerprint density at radius 1 is 0.952 bits per heavy atom. The highest BCUT2D eigenvalue weighted by molar-refractivity contribution is 7.89. The first kappa shape index (κ1) is 33.0. The zero-order valence-corrected chi connectivity index (χ0v) is 15.2. The van der Waals surface area contributed by atoms with Crippen molar-refractivity contribution in [2.75, 3.05) is 45.7 Å². The molecule has 1 N–H and O–H groups in total. The second kappa shape index (κ2) is 15.2. The monoisotopic (exact) mass is 372 g/mol. The Bertz CT molecular complexity index is 374.